The Balaban J connectivity index is 2.47. The molecule has 0 fully saturated rings. The van der Waals surface area contributed by atoms with Gasteiger partial charge in [0.2, 0.25) is 0 Å². The minimum absolute atomic E-state index is 0.0949. The molecule has 0 N–H and O–H groups in total. The van der Waals surface area contributed by atoms with Gasteiger partial charge in [-0.05, 0) is 17.7 Å². The van der Waals surface area contributed by atoms with Gasteiger partial charge < -0.3 is 4.74 Å². The van der Waals surface area contributed by atoms with Crippen molar-refractivity contribution in [2.45, 2.75) is 24.3 Å². The number of rotatable bonds is 5. The fourth-order valence-corrected chi connectivity index (χ4v) is 2.36. The molecule has 0 aromatic heterocycles. The molecule has 0 aliphatic rings. The second kappa shape index (κ2) is 6.87. The number of benzene rings is 1. The van der Waals surface area contributed by atoms with Crippen molar-refractivity contribution in [3.8, 4) is 0 Å². The molecular formula is C12H14ClFO2S. The summed E-state index contributed by atoms with van der Waals surface area (Å²) in [7, 11) is 1.36. The number of esters is 1. The number of carbonyl (C=O) groups excluding carboxylic acids is 1. The van der Waals surface area contributed by atoms with Crippen LogP contribution < -0.4 is 0 Å². The summed E-state index contributed by atoms with van der Waals surface area (Å²) < 4.78 is 18.0. The van der Waals surface area contributed by atoms with Crippen LogP contribution in [0.4, 0.5) is 4.39 Å². The van der Waals surface area contributed by atoms with E-state index >= 15 is 0 Å². The van der Waals surface area contributed by atoms with E-state index in [0.717, 1.165) is 0 Å². The minimum Gasteiger partial charge on any atom is -0.469 e. The lowest BCUT2D eigenvalue weighted by molar-refractivity contribution is -0.140. The fourth-order valence-electron chi connectivity index (χ4n) is 1.25. The Morgan fingerprint density at radius 2 is 2.29 bits per heavy atom. The first-order valence-electron chi connectivity index (χ1n) is 5.15. The van der Waals surface area contributed by atoms with Gasteiger partial charge in [-0.1, -0.05) is 24.6 Å². The van der Waals surface area contributed by atoms with Crippen LogP contribution in [-0.2, 0) is 15.3 Å². The molecule has 1 aromatic carbocycles. The standard InChI is InChI=1S/C12H14ClFO2S/c1-8(5-12(15)16-2)17-7-9-3-4-10(13)6-11(9)14/h3-4,6,8H,5,7H2,1-2H3. The number of carbonyl (C=O) groups is 1. The van der Waals surface area contributed by atoms with E-state index in [1.165, 1.54) is 24.9 Å². The van der Waals surface area contributed by atoms with Crippen LogP contribution in [0.15, 0.2) is 18.2 Å². The molecule has 17 heavy (non-hydrogen) atoms. The average molecular weight is 277 g/mol. The maximum absolute atomic E-state index is 13.4. The first-order chi connectivity index (χ1) is 8.02. The van der Waals surface area contributed by atoms with E-state index in [1.54, 1.807) is 12.1 Å². The minimum atomic E-state index is -0.310. The predicted octanol–water partition coefficient (Wildman–Crippen LogP) is 3.66. The number of thioether (sulfide) groups is 1. The summed E-state index contributed by atoms with van der Waals surface area (Å²) in [5.74, 6) is -0.0434. The van der Waals surface area contributed by atoms with Crippen LogP contribution in [0.3, 0.4) is 0 Å². The Morgan fingerprint density at radius 1 is 1.59 bits per heavy atom. The zero-order valence-corrected chi connectivity index (χ0v) is 11.3. The predicted molar refractivity (Wildman–Crippen MR) is 68.8 cm³/mol. The van der Waals surface area contributed by atoms with Gasteiger partial charge in [-0.25, -0.2) is 4.39 Å². The van der Waals surface area contributed by atoms with E-state index in [-0.39, 0.29) is 17.0 Å². The summed E-state index contributed by atoms with van der Waals surface area (Å²) in [6.45, 7) is 1.91. The second-order valence-electron chi connectivity index (χ2n) is 3.64. The van der Waals surface area contributed by atoms with Gasteiger partial charge in [-0.3, -0.25) is 4.79 Å². The third kappa shape index (κ3) is 4.96. The number of halogens is 2. The van der Waals surface area contributed by atoms with Crippen LogP contribution in [0.1, 0.15) is 18.9 Å². The van der Waals surface area contributed by atoms with Crippen LogP contribution in [0.2, 0.25) is 5.02 Å². The van der Waals surface area contributed by atoms with Crippen LogP contribution in [-0.4, -0.2) is 18.3 Å². The lowest BCUT2D eigenvalue weighted by atomic mass is 10.2. The van der Waals surface area contributed by atoms with Crippen molar-refractivity contribution in [3.05, 3.63) is 34.6 Å². The van der Waals surface area contributed by atoms with Gasteiger partial charge in [0.25, 0.3) is 0 Å². The van der Waals surface area contributed by atoms with Gasteiger partial charge in [0, 0.05) is 16.0 Å². The molecule has 0 radical (unpaired) electrons. The van der Waals surface area contributed by atoms with Crippen molar-refractivity contribution in [2.24, 2.45) is 0 Å². The smallest absolute Gasteiger partial charge is 0.306 e. The number of hydrogen-bond donors (Lipinski definition) is 0. The molecule has 2 nitrogen and oxygen atoms in total. The van der Waals surface area contributed by atoms with Crippen LogP contribution in [0.25, 0.3) is 0 Å². The molecule has 5 heteroatoms. The molecule has 0 spiro atoms. The maximum Gasteiger partial charge on any atom is 0.306 e. The number of ether oxygens (including phenoxy) is 1. The first-order valence-corrected chi connectivity index (χ1v) is 6.58. The molecule has 0 saturated heterocycles. The van der Waals surface area contributed by atoms with E-state index in [1.807, 2.05) is 6.92 Å². The Kier molecular flexibility index (Phi) is 5.78. The van der Waals surface area contributed by atoms with Crippen LogP contribution in [0.5, 0.6) is 0 Å². The fraction of sp³-hybridized carbons (Fsp3) is 0.417. The summed E-state index contributed by atoms with van der Waals surface area (Å²) in [6.07, 6.45) is 0.330. The summed E-state index contributed by atoms with van der Waals surface area (Å²) >= 11 is 7.17. The van der Waals surface area contributed by atoms with Gasteiger partial charge in [0.1, 0.15) is 5.82 Å². The summed E-state index contributed by atoms with van der Waals surface area (Å²) in [5.41, 5.74) is 0.594. The molecule has 1 unspecified atom stereocenters. The normalized spacial score (nSPS) is 12.2. The maximum atomic E-state index is 13.4. The topological polar surface area (TPSA) is 26.3 Å². The van der Waals surface area contributed by atoms with Crippen molar-refractivity contribution in [1.29, 1.82) is 0 Å². The largest absolute Gasteiger partial charge is 0.469 e. The van der Waals surface area contributed by atoms with E-state index in [0.29, 0.717) is 22.8 Å². The van der Waals surface area contributed by atoms with Gasteiger partial charge in [-0.2, -0.15) is 11.8 Å². The van der Waals surface area contributed by atoms with Gasteiger partial charge in [-0.15, -0.1) is 0 Å². The lowest BCUT2D eigenvalue weighted by Crippen LogP contribution is -2.08. The molecular weight excluding hydrogens is 263 g/mol. The lowest BCUT2D eigenvalue weighted by Gasteiger charge is -2.10. The highest BCUT2D eigenvalue weighted by Gasteiger charge is 2.11. The monoisotopic (exact) mass is 276 g/mol. The summed E-state index contributed by atoms with van der Waals surface area (Å²) in [6, 6.07) is 4.61. The highest BCUT2D eigenvalue weighted by atomic mass is 35.5. The van der Waals surface area contributed by atoms with Crippen molar-refractivity contribution >= 4 is 29.3 Å². The zero-order chi connectivity index (χ0) is 12.8. The van der Waals surface area contributed by atoms with E-state index in [4.69, 9.17) is 11.6 Å². The molecule has 94 valence electrons. The SMILES string of the molecule is COC(=O)CC(C)SCc1ccc(Cl)cc1F. The second-order valence-corrected chi connectivity index (χ2v) is 5.50. The third-order valence-electron chi connectivity index (χ3n) is 2.22. The molecule has 0 aliphatic heterocycles. The van der Waals surface area contributed by atoms with Gasteiger partial charge in [0.05, 0.1) is 13.5 Å². The number of hydrogen-bond acceptors (Lipinski definition) is 3. The number of methoxy groups -OCH3 is 1. The Hall–Kier alpha value is -0.740. The van der Waals surface area contributed by atoms with Crippen molar-refractivity contribution < 1.29 is 13.9 Å². The van der Waals surface area contributed by atoms with E-state index in [9.17, 15) is 9.18 Å². The molecule has 1 rings (SSSR count). The highest BCUT2D eigenvalue weighted by molar-refractivity contribution is 7.99. The Labute approximate surface area is 109 Å². The third-order valence-corrected chi connectivity index (χ3v) is 3.67. The van der Waals surface area contributed by atoms with E-state index in [2.05, 4.69) is 4.74 Å². The molecule has 0 aliphatic carbocycles. The Morgan fingerprint density at radius 3 is 2.88 bits per heavy atom. The highest BCUT2D eigenvalue weighted by Crippen LogP contribution is 2.23. The summed E-state index contributed by atoms with van der Waals surface area (Å²) in [4.78, 5) is 11.0. The molecule has 0 heterocycles. The van der Waals surface area contributed by atoms with Crippen LogP contribution >= 0.6 is 23.4 Å². The van der Waals surface area contributed by atoms with Crippen LogP contribution in [0, 0.1) is 5.82 Å². The van der Waals surface area contributed by atoms with E-state index < -0.39 is 0 Å². The van der Waals surface area contributed by atoms with Crippen molar-refractivity contribution in [3.63, 3.8) is 0 Å². The van der Waals surface area contributed by atoms with Gasteiger partial charge in [0.15, 0.2) is 0 Å². The first kappa shape index (κ1) is 14.3. The van der Waals surface area contributed by atoms with Crippen molar-refractivity contribution in [1.82, 2.24) is 0 Å². The molecule has 1 atom stereocenters. The summed E-state index contributed by atoms with van der Waals surface area (Å²) in [5, 5.41) is 0.483. The molecule has 0 bridgehead atoms. The molecule has 1 aromatic rings. The quantitative estimate of drug-likeness (QED) is 0.768. The zero-order valence-electron chi connectivity index (χ0n) is 9.70. The average Bonchev–Trinajstić information content (AvgIpc) is 2.27. The van der Waals surface area contributed by atoms with Crippen molar-refractivity contribution in [2.75, 3.05) is 7.11 Å². The molecule has 0 saturated carbocycles. The van der Waals surface area contributed by atoms with Gasteiger partial charge >= 0.3 is 5.97 Å². The Bertz CT molecular complexity index is 398. The molecule has 0 amide bonds.